The number of hydrogen-bond acceptors (Lipinski definition) is 3. The molecule has 2 heterocycles. The lowest BCUT2D eigenvalue weighted by Crippen LogP contribution is -2.40. The van der Waals surface area contributed by atoms with E-state index < -0.39 is 0 Å². The van der Waals surface area contributed by atoms with Crippen LogP contribution in [0.25, 0.3) is 11.0 Å². The van der Waals surface area contributed by atoms with Gasteiger partial charge < -0.3 is 9.88 Å². The molecule has 1 fully saturated rings. The SMILES string of the molecule is O=C(Nc1cccc(Cl)c1Cl)[C@@H]1CCCN(Cc2nc3ccccc3n2Cc2ccc(Cl)cc2)C1. The number of nitrogens with one attached hydrogen (secondary N) is 1. The number of benzene rings is 3. The zero-order valence-corrected chi connectivity index (χ0v) is 21.3. The van der Waals surface area contributed by atoms with Gasteiger partial charge in [-0.25, -0.2) is 4.98 Å². The van der Waals surface area contributed by atoms with Gasteiger partial charge in [0.15, 0.2) is 0 Å². The van der Waals surface area contributed by atoms with E-state index in [1.165, 1.54) is 0 Å². The maximum atomic E-state index is 13.0. The molecule has 8 heteroatoms. The Morgan fingerprint density at radius 1 is 0.971 bits per heavy atom. The maximum absolute atomic E-state index is 13.0. The molecule has 180 valence electrons. The van der Waals surface area contributed by atoms with Gasteiger partial charge in [-0.2, -0.15) is 0 Å². The summed E-state index contributed by atoms with van der Waals surface area (Å²) in [5.41, 5.74) is 3.77. The normalized spacial score (nSPS) is 16.5. The highest BCUT2D eigenvalue weighted by atomic mass is 35.5. The molecule has 0 saturated carbocycles. The third kappa shape index (κ3) is 5.49. The van der Waals surface area contributed by atoms with Crippen LogP contribution in [-0.2, 0) is 17.9 Å². The molecule has 1 aromatic heterocycles. The van der Waals surface area contributed by atoms with Crippen molar-refractivity contribution in [2.24, 2.45) is 5.92 Å². The lowest BCUT2D eigenvalue weighted by molar-refractivity contribution is -0.121. The molecule has 0 radical (unpaired) electrons. The Bertz CT molecular complexity index is 1350. The Hall–Kier alpha value is -2.57. The van der Waals surface area contributed by atoms with Gasteiger partial charge in [0.2, 0.25) is 5.91 Å². The summed E-state index contributed by atoms with van der Waals surface area (Å²) >= 11 is 18.5. The Morgan fingerprint density at radius 2 is 1.77 bits per heavy atom. The Kier molecular flexibility index (Phi) is 7.30. The fourth-order valence-corrected chi connectivity index (χ4v) is 5.12. The van der Waals surface area contributed by atoms with Crippen LogP contribution in [0.4, 0.5) is 5.69 Å². The van der Waals surface area contributed by atoms with E-state index in [9.17, 15) is 4.79 Å². The van der Waals surface area contributed by atoms with Crippen molar-refractivity contribution in [3.05, 3.63) is 93.2 Å². The number of hydrogen-bond donors (Lipinski definition) is 1. The van der Waals surface area contributed by atoms with E-state index in [-0.39, 0.29) is 11.8 Å². The first-order chi connectivity index (χ1) is 17.0. The number of fused-ring (bicyclic) bond motifs is 1. The minimum absolute atomic E-state index is 0.0338. The van der Waals surface area contributed by atoms with E-state index in [1.807, 2.05) is 42.5 Å². The smallest absolute Gasteiger partial charge is 0.228 e. The summed E-state index contributed by atoms with van der Waals surface area (Å²) < 4.78 is 2.26. The first-order valence-electron chi connectivity index (χ1n) is 11.6. The number of halogens is 3. The topological polar surface area (TPSA) is 50.2 Å². The van der Waals surface area contributed by atoms with E-state index in [1.54, 1.807) is 18.2 Å². The van der Waals surface area contributed by atoms with Crippen molar-refractivity contribution >= 4 is 57.4 Å². The van der Waals surface area contributed by atoms with E-state index in [4.69, 9.17) is 39.8 Å². The monoisotopic (exact) mass is 526 g/mol. The van der Waals surface area contributed by atoms with Crippen LogP contribution in [0.15, 0.2) is 66.7 Å². The second kappa shape index (κ2) is 10.6. The summed E-state index contributed by atoms with van der Waals surface area (Å²) in [6.45, 7) is 2.96. The predicted molar refractivity (Wildman–Crippen MR) is 143 cm³/mol. The fraction of sp³-hybridized carbons (Fsp3) is 0.259. The summed E-state index contributed by atoms with van der Waals surface area (Å²) in [4.78, 5) is 20.3. The van der Waals surface area contributed by atoms with Gasteiger partial charge in [0.05, 0.1) is 39.2 Å². The minimum atomic E-state index is -0.132. The molecule has 1 aliphatic heterocycles. The Balaban J connectivity index is 1.33. The molecule has 0 bridgehead atoms. The summed E-state index contributed by atoms with van der Waals surface area (Å²) in [5, 5.41) is 4.48. The lowest BCUT2D eigenvalue weighted by atomic mass is 9.97. The van der Waals surface area contributed by atoms with Crippen molar-refractivity contribution in [2.45, 2.75) is 25.9 Å². The zero-order valence-electron chi connectivity index (χ0n) is 19.1. The van der Waals surface area contributed by atoms with Gasteiger partial charge >= 0.3 is 0 Å². The molecule has 1 aliphatic rings. The molecule has 0 unspecified atom stereocenters. The van der Waals surface area contributed by atoms with Gasteiger partial charge in [-0.1, -0.05) is 65.1 Å². The van der Waals surface area contributed by atoms with Crippen molar-refractivity contribution in [2.75, 3.05) is 18.4 Å². The largest absolute Gasteiger partial charge is 0.324 e. The van der Waals surface area contributed by atoms with Gasteiger partial charge in [-0.3, -0.25) is 9.69 Å². The zero-order chi connectivity index (χ0) is 24.4. The Morgan fingerprint density at radius 3 is 2.60 bits per heavy atom. The molecule has 1 amide bonds. The number of nitrogens with zero attached hydrogens (tertiary/aromatic N) is 3. The van der Waals surface area contributed by atoms with Crippen LogP contribution >= 0.6 is 34.8 Å². The van der Waals surface area contributed by atoms with Crippen molar-refractivity contribution in [3.63, 3.8) is 0 Å². The van der Waals surface area contributed by atoms with Crippen LogP contribution in [0.1, 0.15) is 24.2 Å². The highest BCUT2D eigenvalue weighted by Crippen LogP contribution is 2.31. The van der Waals surface area contributed by atoms with Crippen molar-refractivity contribution in [1.29, 1.82) is 0 Å². The third-order valence-corrected chi connectivity index (χ3v) is 7.51. The number of carbonyl (C=O) groups is 1. The third-order valence-electron chi connectivity index (χ3n) is 6.44. The number of likely N-dealkylation sites (tertiary alicyclic amines) is 1. The molecule has 35 heavy (non-hydrogen) atoms. The standard InChI is InChI=1S/C27H25Cl3N4O/c28-20-12-10-18(11-13-20)15-34-24-9-2-1-7-22(24)31-25(34)17-33-14-4-5-19(16-33)27(35)32-23-8-3-6-21(29)26(23)30/h1-3,6-13,19H,4-5,14-17H2,(H,32,35)/t19-/m1/s1. The molecule has 5 rings (SSSR count). The number of anilines is 1. The predicted octanol–water partition coefficient (Wildman–Crippen LogP) is 6.90. The average molecular weight is 528 g/mol. The molecule has 0 aliphatic carbocycles. The van der Waals surface area contributed by atoms with Gasteiger partial charge in [0, 0.05) is 18.1 Å². The highest BCUT2D eigenvalue weighted by molar-refractivity contribution is 6.44. The summed E-state index contributed by atoms with van der Waals surface area (Å²) in [6, 6.07) is 21.4. The van der Waals surface area contributed by atoms with Crippen molar-refractivity contribution in [3.8, 4) is 0 Å². The molecule has 1 atom stereocenters. The number of amides is 1. The number of para-hydroxylation sites is 2. The molecule has 4 aromatic rings. The molecule has 0 spiro atoms. The summed E-state index contributed by atoms with van der Waals surface area (Å²) in [7, 11) is 0. The molecule has 1 saturated heterocycles. The average Bonchev–Trinajstić information content (AvgIpc) is 3.20. The minimum Gasteiger partial charge on any atom is -0.324 e. The van der Waals surface area contributed by atoms with Gasteiger partial charge in [-0.15, -0.1) is 0 Å². The van der Waals surface area contributed by atoms with Crippen LogP contribution in [0.2, 0.25) is 15.1 Å². The Labute approximate surface area is 219 Å². The molecule has 1 N–H and O–H groups in total. The van der Waals surface area contributed by atoms with Gasteiger partial charge in [0.25, 0.3) is 0 Å². The van der Waals surface area contributed by atoms with E-state index in [0.717, 1.165) is 46.8 Å². The van der Waals surface area contributed by atoms with Crippen LogP contribution < -0.4 is 5.32 Å². The number of carbonyl (C=O) groups excluding carboxylic acids is 1. The molecule has 3 aromatic carbocycles. The second-order valence-corrected chi connectivity index (χ2v) is 10.1. The summed E-state index contributed by atoms with van der Waals surface area (Å²) in [5.74, 6) is 0.821. The van der Waals surface area contributed by atoms with Crippen LogP contribution in [0.5, 0.6) is 0 Å². The quantitative estimate of drug-likeness (QED) is 0.297. The first kappa shape index (κ1) is 24.1. The lowest BCUT2D eigenvalue weighted by Gasteiger charge is -2.32. The van der Waals surface area contributed by atoms with Crippen LogP contribution in [0, 0.1) is 5.92 Å². The second-order valence-electron chi connectivity index (χ2n) is 8.89. The molecule has 5 nitrogen and oxygen atoms in total. The van der Waals surface area contributed by atoms with Crippen molar-refractivity contribution < 1.29 is 4.79 Å². The molecular formula is C27H25Cl3N4O. The number of imidazole rings is 1. The molecular weight excluding hydrogens is 503 g/mol. The number of aromatic nitrogens is 2. The number of rotatable bonds is 6. The van der Waals surface area contributed by atoms with Crippen molar-refractivity contribution in [1.82, 2.24) is 14.5 Å². The van der Waals surface area contributed by atoms with E-state index >= 15 is 0 Å². The summed E-state index contributed by atoms with van der Waals surface area (Å²) in [6.07, 6.45) is 1.78. The maximum Gasteiger partial charge on any atom is 0.228 e. The van der Waals surface area contributed by atoms with Gasteiger partial charge in [-0.05, 0) is 61.3 Å². The van der Waals surface area contributed by atoms with E-state index in [0.29, 0.717) is 35.4 Å². The van der Waals surface area contributed by atoms with Gasteiger partial charge in [0.1, 0.15) is 5.82 Å². The number of piperidine rings is 1. The van der Waals surface area contributed by atoms with Crippen LogP contribution in [-0.4, -0.2) is 33.4 Å². The first-order valence-corrected chi connectivity index (χ1v) is 12.8. The van der Waals surface area contributed by atoms with E-state index in [2.05, 4.69) is 20.9 Å². The van der Waals surface area contributed by atoms with Crippen LogP contribution in [0.3, 0.4) is 0 Å². The highest BCUT2D eigenvalue weighted by Gasteiger charge is 2.27. The fourth-order valence-electron chi connectivity index (χ4n) is 4.64.